The van der Waals surface area contributed by atoms with Gasteiger partial charge >= 0.3 is 0 Å². The average molecular weight is 242 g/mol. The van der Waals surface area contributed by atoms with Crippen LogP contribution in [0.2, 0.25) is 0 Å². The molecule has 4 heteroatoms. The van der Waals surface area contributed by atoms with Crippen molar-refractivity contribution in [3.8, 4) is 0 Å². The number of para-hydroxylation sites is 1. The molecule has 2 heterocycles. The maximum atomic E-state index is 12.3. The summed E-state index contributed by atoms with van der Waals surface area (Å²) in [5.74, 6) is 0.0707. The molecule has 3 rings (SSSR count). The monoisotopic (exact) mass is 242 g/mol. The summed E-state index contributed by atoms with van der Waals surface area (Å²) in [4.78, 5) is 14.2. The molecular weight excluding hydrogens is 228 g/mol. The van der Waals surface area contributed by atoms with Gasteiger partial charge in [0.05, 0.1) is 12.1 Å². The number of fused-ring (bicyclic) bond motifs is 1. The zero-order chi connectivity index (χ0) is 12.5. The Morgan fingerprint density at radius 2 is 2.28 bits per heavy atom. The van der Waals surface area contributed by atoms with Gasteiger partial charge < -0.3 is 9.42 Å². The third kappa shape index (κ3) is 1.79. The first kappa shape index (κ1) is 11.0. The Balaban J connectivity index is 1.86. The summed E-state index contributed by atoms with van der Waals surface area (Å²) in [5.41, 5.74) is 2.94. The molecule has 1 amide bonds. The molecule has 0 fully saturated rings. The van der Waals surface area contributed by atoms with Crippen LogP contribution in [0, 0.1) is 0 Å². The Labute approximate surface area is 105 Å². The molecule has 0 radical (unpaired) electrons. The molecule has 18 heavy (non-hydrogen) atoms. The molecular formula is C14H14N2O2. The van der Waals surface area contributed by atoms with Crippen molar-refractivity contribution in [2.75, 3.05) is 4.90 Å². The van der Waals surface area contributed by atoms with Gasteiger partial charge in [0.2, 0.25) is 5.91 Å². The summed E-state index contributed by atoms with van der Waals surface area (Å²) < 4.78 is 4.75. The predicted octanol–water partition coefficient (Wildman–Crippen LogP) is 2.19. The number of amides is 1. The highest BCUT2D eigenvalue weighted by atomic mass is 16.5. The highest BCUT2D eigenvalue weighted by Crippen LogP contribution is 2.32. The van der Waals surface area contributed by atoms with Crippen molar-refractivity contribution < 1.29 is 9.32 Å². The lowest BCUT2D eigenvalue weighted by Gasteiger charge is -2.22. The minimum absolute atomic E-state index is 0.0707. The van der Waals surface area contributed by atoms with Crippen LogP contribution in [-0.2, 0) is 17.6 Å². The van der Waals surface area contributed by atoms with E-state index in [0.717, 1.165) is 12.1 Å². The number of carbonyl (C=O) groups is 1. The van der Waals surface area contributed by atoms with E-state index < -0.39 is 0 Å². The van der Waals surface area contributed by atoms with Gasteiger partial charge in [-0.25, -0.2) is 0 Å². The van der Waals surface area contributed by atoms with E-state index in [2.05, 4.69) is 18.1 Å². The molecule has 1 atom stereocenters. The molecule has 0 spiro atoms. The van der Waals surface area contributed by atoms with Gasteiger partial charge in [-0.15, -0.1) is 0 Å². The number of nitrogens with zero attached hydrogens (tertiary/aromatic N) is 2. The first-order chi connectivity index (χ1) is 8.75. The summed E-state index contributed by atoms with van der Waals surface area (Å²) in [5, 5.41) is 3.79. The van der Waals surface area contributed by atoms with Crippen LogP contribution < -0.4 is 4.90 Å². The third-order valence-electron chi connectivity index (χ3n) is 3.30. The van der Waals surface area contributed by atoms with Gasteiger partial charge in [0.15, 0.2) is 0 Å². The van der Waals surface area contributed by atoms with E-state index in [1.807, 2.05) is 23.1 Å². The number of hydrogen-bond acceptors (Lipinski definition) is 3. The first-order valence-corrected chi connectivity index (χ1v) is 6.05. The summed E-state index contributed by atoms with van der Waals surface area (Å²) in [7, 11) is 0. The van der Waals surface area contributed by atoms with Crippen molar-refractivity contribution in [2.24, 2.45) is 0 Å². The second-order valence-corrected chi connectivity index (χ2v) is 4.61. The molecule has 0 N–H and O–H groups in total. The summed E-state index contributed by atoms with van der Waals surface area (Å²) in [6, 6.07) is 9.99. The molecule has 0 saturated heterocycles. The van der Waals surface area contributed by atoms with E-state index in [1.165, 1.54) is 11.8 Å². The van der Waals surface area contributed by atoms with E-state index in [9.17, 15) is 4.79 Å². The molecule has 4 nitrogen and oxygen atoms in total. The Bertz CT molecular complexity index is 563. The summed E-state index contributed by atoms with van der Waals surface area (Å²) >= 11 is 0. The van der Waals surface area contributed by atoms with Crippen molar-refractivity contribution in [3.05, 3.63) is 47.9 Å². The molecule has 1 aliphatic heterocycles. The molecule has 0 aliphatic carbocycles. The number of benzene rings is 1. The van der Waals surface area contributed by atoms with Gasteiger partial charge in [0, 0.05) is 17.8 Å². The largest absolute Gasteiger partial charge is 0.364 e. The van der Waals surface area contributed by atoms with Crippen LogP contribution in [-0.4, -0.2) is 17.1 Å². The van der Waals surface area contributed by atoms with Crippen LogP contribution in [0.5, 0.6) is 0 Å². The number of carbonyl (C=O) groups excluding carboxylic acids is 1. The van der Waals surface area contributed by atoms with E-state index in [4.69, 9.17) is 4.52 Å². The second-order valence-electron chi connectivity index (χ2n) is 4.61. The first-order valence-electron chi connectivity index (χ1n) is 6.05. The minimum Gasteiger partial charge on any atom is -0.364 e. The molecule has 1 unspecified atom stereocenters. The quantitative estimate of drug-likeness (QED) is 0.811. The fourth-order valence-electron chi connectivity index (χ4n) is 2.51. The Morgan fingerprint density at radius 1 is 1.44 bits per heavy atom. The Kier molecular flexibility index (Phi) is 2.63. The minimum atomic E-state index is 0.0707. The van der Waals surface area contributed by atoms with Crippen molar-refractivity contribution in [1.82, 2.24) is 5.16 Å². The van der Waals surface area contributed by atoms with E-state index in [-0.39, 0.29) is 18.4 Å². The standard InChI is InChI=1S/C14H14N2O2/c1-10-8-11-4-2-3-5-13(11)16(10)14(17)9-12-6-7-18-15-12/h2-7,10H,8-9H2,1H3. The topological polar surface area (TPSA) is 46.3 Å². The van der Waals surface area contributed by atoms with Crippen molar-refractivity contribution in [1.29, 1.82) is 0 Å². The highest BCUT2D eigenvalue weighted by molar-refractivity contribution is 5.97. The molecule has 2 aromatic rings. The Hall–Kier alpha value is -2.10. The normalized spacial score (nSPS) is 17.8. The van der Waals surface area contributed by atoms with E-state index in [1.54, 1.807) is 6.07 Å². The maximum Gasteiger partial charge on any atom is 0.233 e. The molecule has 1 aliphatic rings. The lowest BCUT2D eigenvalue weighted by atomic mass is 10.1. The predicted molar refractivity (Wildman–Crippen MR) is 67.3 cm³/mol. The van der Waals surface area contributed by atoms with E-state index >= 15 is 0 Å². The zero-order valence-corrected chi connectivity index (χ0v) is 10.2. The number of anilines is 1. The molecule has 1 aromatic carbocycles. The van der Waals surface area contributed by atoms with Gasteiger partial charge in [-0.05, 0) is 25.0 Å². The van der Waals surface area contributed by atoms with Gasteiger partial charge in [-0.2, -0.15) is 0 Å². The molecule has 1 aromatic heterocycles. The van der Waals surface area contributed by atoms with Crippen LogP contribution in [0.1, 0.15) is 18.2 Å². The van der Waals surface area contributed by atoms with Crippen molar-refractivity contribution in [3.63, 3.8) is 0 Å². The number of rotatable bonds is 2. The second kappa shape index (κ2) is 4.29. The lowest BCUT2D eigenvalue weighted by Crippen LogP contribution is -2.36. The van der Waals surface area contributed by atoms with Crippen LogP contribution in [0.25, 0.3) is 0 Å². The lowest BCUT2D eigenvalue weighted by molar-refractivity contribution is -0.118. The van der Waals surface area contributed by atoms with Gasteiger partial charge in [0.25, 0.3) is 0 Å². The molecule has 0 bridgehead atoms. The SMILES string of the molecule is CC1Cc2ccccc2N1C(=O)Cc1ccon1. The third-order valence-corrected chi connectivity index (χ3v) is 3.30. The number of aromatic nitrogens is 1. The van der Waals surface area contributed by atoms with Crippen LogP contribution in [0.4, 0.5) is 5.69 Å². The van der Waals surface area contributed by atoms with Crippen LogP contribution in [0.3, 0.4) is 0 Å². The highest BCUT2D eigenvalue weighted by Gasteiger charge is 2.30. The Morgan fingerprint density at radius 3 is 3.06 bits per heavy atom. The zero-order valence-electron chi connectivity index (χ0n) is 10.2. The van der Waals surface area contributed by atoms with Crippen LogP contribution >= 0.6 is 0 Å². The average Bonchev–Trinajstić information content (AvgIpc) is 2.94. The molecule has 0 saturated carbocycles. The van der Waals surface area contributed by atoms with Gasteiger partial charge in [-0.1, -0.05) is 23.4 Å². The van der Waals surface area contributed by atoms with Gasteiger partial charge in [-0.3, -0.25) is 4.79 Å². The fraction of sp³-hybridized carbons (Fsp3) is 0.286. The van der Waals surface area contributed by atoms with E-state index in [0.29, 0.717) is 5.69 Å². The summed E-state index contributed by atoms with van der Waals surface area (Å²) in [6.45, 7) is 2.07. The maximum absolute atomic E-state index is 12.3. The van der Waals surface area contributed by atoms with Crippen molar-refractivity contribution in [2.45, 2.75) is 25.8 Å². The van der Waals surface area contributed by atoms with Gasteiger partial charge in [0.1, 0.15) is 6.26 Å². The fourth-order valence-corrected chi connectivity index (χ4v) is 2.51. The van der Waals surface area contributed by atoms with Crippen LogP contribution in [0.15, 0.2) is 41.1 Å². The molecule has 92 valence electrons. The van der Waals surface area contributed by atoms with Crippen molar-refractivity contribution >= 4 is 11.6 Å². The summed E-state index contributed by atoms with van der Waals surface area (Å²) in [6.07, 6.45) is 2.69. The number of hydrogen-bond donors (Lipinski definition) is 0. The smallest absolute Gasteiger partial charge is 0.233 e.